The van der Waals surface area contributed by atoms with Gasteiger partial charge in [-0.1, -0.05) is 17.7 Å². The summed E-state index contributed by atoms with van der Waals surface area (Å²) in [5, 5.41) is 43.7. The predicted molar refractivity (Wildman–Crippen MR) is 175 cm³/mol. The van der Waals surface area contributed by atoms with E-state index in [0.29, 0.717) is 27.0 Å². The molecule has 3 N–H and O–H groups in total. The first-order chi connectivity index (χ1) is 21.5. The van der Waals surface area contributed by atoms with Gasteiger partial charge in [-0.2, -0.15) is 0 Å². The number of aromatic hydroxyl groups is 1. The van der Waals surface area contributed by atoms with Crippen LogP contribution in [0.1, 0.15) is 37.4 Å². The van der Waals surface area contributed by atoms with Gasteiger partial charge in [0.15, 0.2) is 11.5 Å². The fourth-order valence-corrected chi connectivity index (χ4v) is 7.05. The molecule has 1 fully saturated rings. The number of nitro groups is 1. The van der Waals surface area contributed by atoms with E-state index >= 15 is 0 Å². The Morgan fingerprint density at radius 2 is 1.98 bits per heavy atom. The van der Waals surface area contributed by atoms with E-state index in [4.69, 9.17) is 4.74 Å². The molecule has 12 heteroatoms. The topological polar surface area (TPSA) is 163 Å². The summed E-state index contributed by atoms with van der Waals surface area (Å²) in [5.41, 5.74) is 3.40. The number of phenolic OH excluding ortho intramolecular Hbond substituents is 1. The summed E-state index contributed by atoms with van der Waals surface area (Å²) in [7, 11) is 1.47. The predicted octanol–water partition coefficient (Wildman–Crippen LogP) is 5.12. The zero-order valence-corrected chi connectivity index (χ0v) is 26.7. The number of rotatable bonds is 10. The Morgan fingerprint density at radius 3 is 2.64 bits per heavy atom. The lowest BCUT2D eigenvalue weighted by Crippen LogP contribution is -2.38. The smallest absolute Gasteiger partial charge is 0.271 e. The number of carbonyl (C=O) groups excluding carboxylic acids is 2. The second kappa shape index (κ2) is 13.5. The molecule has 1 aliphatic carbocycles. The molecule has 5 rings (SSSR count). The van der Waals surface area contributed by atoms with E-state index in [0.717, 1.165) is 21.6 Å². The number of methoxy groups -OCH3 is 1. The van der Waals surface area contributed by atoms with E-state index in [1.165, 1.54) is 31.4 Å². The van der Waals surface area contributed by atoms with E-state index in [1.54, 1.807) is 25.3 Å². The van der Waals surface area contributed by atoms with Gasteiger partial charge in [0.25, 0.3) is 5.69 Å². The molecule has 1 aromatic heterocycles. The number of ether oxygens (including phenoxy) is 1. The number of halogens is 1. The quantitative estimate of drug-likeness (QED) is 0.0846. The van der Waals surface area contributed by atoms with Crippen LogP contribution in [0.25, 0.3) is 11.6 Å². The van der Waals surface area contributed by atoms with Crippen LogP contribution in [0.5, 0.6) is 11.5 Å². The minimum atomic E-state index is -1.03. The van der Waals surface area contributed by atoms with Crippen molar-refractivity contribution in [3.63, 3.8) is 0 Å². The molecular formula is C33H32IN3O8. The van der Waals surface area contributed by atoms with E-state index in [2.05, 4.69) is 4.98 Å². The molecule has 1 saturated heterocycles. The number of amides is 2. The van der Waals surface area contributed by atoms with Crippen molar-refractivity contribution in [2.75, 3.05) is 18.6 Å². The van der Waals surface area contributed by atoms with Gasteiger partial charge in [-0.05, 0) is 102 Å². The van der Waals surface area contributed by atoms with Gasteiger partial charge in [0.1, 0.15) is 0 Å². The Labute approximate surface area is 273 Å². The number of nitro benzene ring substituents is 1. The molecule has 2 heterocycles. The third-order valence-electron chi connectivity index (χ3n) is 8.48. The van der Waals surface area contributed by atoms with Crippen LogP contribution in [-0.2, 0) is 9.59 Å². The number of benzene rings is 2. The van der Waals surface area contributed by atoms with Crippen LogP contribution >= 0.6 is 22.6 Å². The van der Waals surface area contributed by atoms with Gasteiger partial charge in [0.2, 0.25) is 11.8 Å². The van der Waals surface area contributed by atoms with E-state index in [1.807, 2.05) is 46.9 Å². The lowest BCUT2D eigenvalue weighted by Gasteiger charge is -2.35. The average molecular weight is 726 g/mol. The number of aliphatic hydroxyl groups excluding tert-OH is 2. The fourth-order valence-electron chi connectivity index (χ4n) is 6.43. The van der Waals surface area contributed by atoms with Crippen molar-refractivity contribution in [2.45, 2.75) is 32.3 Å². The van der Waals surface area contributed by atoms with Crippen molar-refractivity contribution < 1.29 is 34.6 Å². The number of imide groups is 1. The Morgan fingerprint density at radius 1 is 1.20 bits per heavy atom. The van der Waals surface area contributed by atoms with E-state index < -0.39 is 47.2 Å². The molecule has 0 spiro atoms. The van der Waals surface area contributed by atoms with Gasteiger partial charge in [-0.3, -0.25) is 24.7 Å². The molecule has 0 radical (unpaired) electrons. The van der Waals surface area contributed by atoms with Crippen molar-refractivity contribution in [3.05, 3.63) is 96.9 Å². The lowest BCUT2D eigenvalue weighted by molar-refractivity contribution is -0.384. The maximum Gasteiger partial charge on any atom is 0.271 e. The second-order valence-corrected chi connectivity index (χ2v) is 12.3. The summed E-state index contributed by atoms with van der Waals surface area (Å²) in [6.45, 7) is 1.34. The Hall–Kier alpha value is -4.14. The SMILES string of the molecule is COc1cc(/C=C(/CC[C@@H](O)C2=C(C)C[C@H]3C(=O)N(c4cccc([N+](=O)[O-])c4)C(=O)[C@H]3[C@H]2CO)c2ccccn2)cc(I)c1O. The monoisotopic (exact) mass is 725 g/mol. The molecular weight excluding hydrogens is 693 g/mol. The van der Waals surface area contributed by atoms with Crippen LogP contribution in [0.3, 0.4) is 0 Å². The van der Waals surface area contributed by atoms with Gasteiger partial charge in [0.05, 0.1) is 51.5 Å². The summed E-state index contributed by atoms with van der Waals surface area (Å²) in [6.07, 6.45) is 3.40. The van der Waals surface area contributed by atoms with Crippen LogP contribution < -0.4 is 9.64 Å². The number of fused-ring (bicyclic) bond motifs is 1. The molecule has 1 aliphatic heterocycles. The van der Waals surface area contributed by atoms with Crippen LogP contribution in [0.4, 0.5) is 11.4 Å². The third-order valence-corrected chi connectivity index (χ3v) is 9.30. The van der Waals surface area contributed by atoms with E-state index in [9.17, 15) is 35.0 Å². The number of nitrogens with zero attached hydrogens (tertiary/aromatic N) is 3. The minimum absolute atomic E-state index is 0.0436. The lowest BCUT2D eigenvalue weighted by atomic mass is 9.68. The molecule has 2 aromatic carbocycles. The molecule has 234 valence electrons. The summed E-state index contributed by atoms with van der Waals surface area (Å²) in [6, 6.07) is 14.4. The molecule has 3 aromatic rings. The Bertz CT molecular complexity index is 1710. The van der Waals surface area contributed by atoms with Crippen molar-refractivity contribution in [2.24, 2.45) is 17.8 Å². The molecule has 2 amide bonds. The molecule has 0 unspecified atom stereocenters. The maximum absolute atomic E-state index is 13.7. The number of anilines is 1. The Kier molecular flexibility index (Phi) is 9.65. The van der Waals surface area contributed by atoms with Gasteiger partial charge in [0, 0.05) is 24.2 Å². The summed E-state index contributed by atoms with van der Waals surface area (Å²) >= 11 is 2.03. The number of pyridine rings is 1. The first kappa shape index (κ1) is 32.3. The minimum Gasteiger partial charge on any atom is -0.504 e. The first-order valence-corrected chi connectivity index (χ1v) is 15.4. The third kappa shape index (κ3) is 6.35. The Balaban J connectivity index is 1.42. The highest BCUT2D eigenvalue weighted by molar-refractivity contribution is 14.1. The van der Waals surface area contributed by atoms with Crippen LogP contribution in [0.15, 0.2) is 71.9 Å². The highest BCUT2D eigenvalue weighted by Crippen LogP contribution is 2.47. The van der Waals surface area contributed by atoms with Crippen molar-refractivity contribution in [3.8, 4) is 11.5 Å². The van der Waals surface area contributed by atoms with Crippen LogP contribution in [0, 0.1) is 31.4 Å². The normalized spacial score (nSPS) is 20.8. The highest BCUT2D eigenvalue weighted by Gasteiger charge is 2.55. The number of aromatic nitrogens is 1. The number of hydrogen-bond acceptors (Lipinski definition) is 9. The van der Waals surface area contributed by atoms with Crippen LogP contribution in [0.2, 0.25) is 0 Å². The number of carbonyl (C=O) groups is 2. The zero-order valence-electron chi connectivity index (χ0n) is 24.6. The highest BCUT2D eigenvalue weighted by atomic mass is 127. The van der Waals surface area contributed by atoms with Crippen molar-refractivity contribution >= 4 is 57.4 Å². The second-order valence-electron chi connectivity index (χ2n) is 11.1. The van der Waals surface area contributed by atoms with Crippen LogP contribution in [-0.4, -0.2) is 56.9 Å². The maximum atomic E-state index is 13.7. The standard InChI is InChI=1S/C33H32IN3O8/c1-18-12-23-30(33(42)36(32(23)41)21-6-5-7-22(16-21)37(43)44)24(17-38)29(18)27(39)10-9-20(26-8-3-4-11-35-26)13-19-14-25(34)31(40)28(15-19)45-2/h3-8,11,13-16,23-24,27,30,38-40H,9-10,12,17H2,1-2H3/b20-13-/t23-,24+,27-,30-/m1/s1. The number of hydrogen-bond donors (Lipinski definition) is 3. The van der Waals surface area contributed by atoms with Gasteiger partial charge in [-0.25, -0.2) is 4.90 Å². The average Bonchev–Trinajstić information content (AvgIpc) is 3.28. The summed E-state index contributed by atoms with van der Waals surface area (Å²) in [4.78, 5) is 43.4. The molecule has 0 bridgehead atoms. The molecule has 11 nitrogen and oxygen atoms in total. The zero-order chi connectivity index (χ0) is 32.4. The number of aliphatic hydroxyl groups is 2. The largest absolute Gasteiger partial charge is 0.504 e. The van der Waals surface area contributed by atoms with Gasteiger partial charge >= 0.3 is 0 Å². The van der Waals surface area contributed by atoms with Crippen molar-refractivity contribution in [1.29, 1.82) is 0 Å². The fraction of sp³-hybridized carbons (Fsp3) is 0.303. The van der Waals surface area contributed by atoms with Gasteiger partial charge < -0.3 is 20.1 Å². The summed E-state index contributed by atoms with van der Waals surface area (Å²) < 4.78 is 5.92. The molecule has 4 atom stereocenters. The van der Waals surface area contributed by atoms with Crippen molar-refractivity contribution in [1.82, 2.24) is 4.98 Å². The van der Waals surface area contributed by atoms with Gasteiger partial charge in [-0.15, -0.1) is 0 Å². The summed E-state index contributed by atoms with van der Waals surface area (Å²) in [5.74, 6) is -3.12. The number of allylic oxidation sites excluding steroid dienone is 2. The molecule has 45 heavy (non-hydrogen) atoms. The number of phenols is 1. The number of non-ortho nitro benzene ring substituents is 1. The first-order valence-electron chi connectivity index (χ1n) is 14.3. The molecule has 0 saturated carbocycles. The van der Waals surface area contributed by atoms with E-state index in [-0.39, 0.29) is 30.0 Å². The molecule has 2 aliphatic rings.